The lowest BCUT2D eigenvalue weighted by atomic mass is 9.86. The highest BCUT2D eigenvalue weighted by Gasteiger charge is 2.22. The second-order valence-electron chi connectivity index (χ2n) is 4.71. The summed E-state index contributed by atoms with van der Waals surface area (Å²) in [6.45, 7) is 0.500. The second-order valence-corrected chi connectivity index (χ2v) is 5.58. The molecule has 0 aliphatic rings. The highest BCUT2D eigenvalue weighted by Crippen LogP contribution is 2.30. The van der Waals surface area contributed by atoms with Crippen LogP contribution in [0, 0.1) is 0 Å². The number of hydrogen-bond donors (Lipinski definition) is 2. The highest BCUT2D eigenvalue weighted by molar-refractivity contribution is 6.30. The zero-order valence-corrected chi connectivity index (χ0v) is 12.7. The van der Waals surface area contributed by atoms with Crippen molar-refractivity contribution in [1.82, 2.24) is 5.32 Å². The fourth-order valence-corrected chi connectivity index (χ4v) is 2.66. The molecule has 106 valence electrons. The third kappa shape index (κ3) is 3.74. The zero-order chi connectivity index (χ0) is 14.5. The number of benzene rings is 2. The van der Waals surface area contributed by atoms with Crippen molar-refractivity contribution in [3.8, 4) is 0 Å². The first-order valence-corrected chi connectivity index (χ1v) is 7.21. The van der Waals surface area contributed by atoms with Crippen molar-refractivity contribution < 1.29 is 5.11 Å². The Morgan fingerprint density at radius 1 is 1.00 bits per heavy atom. The topological polar surface area (TPSA) is 32.3 Å². The van der Waals surface area contributed by atoms with Gasteiger partial charge in [0.25, 0.3) is 0 Å². The number of nitrogens with one attached hydrogen (secondary N) is 1. The summed E-state index contributed by atoms with van der Waals surface area (Å²) in [6, 6.07) is 15.1. The minimum atomic E-state index is -0.542. The van der Waals surface area contributed by atoms with E-state index in [9.17, 15) is 5.11 Å². The maximum absolute atomic E-state index is 10.4. The Bertz CT molecular complexity index is 557. The van der Waals surface area contributed by atoms with Gasteiger partial charge >= 0.3 is 0 Å². The third-order valence-electron chi connectivity index (χ3n) is 3.23. The molecule has 2 aromatic carbocycles. The van der Waals surface area contributed by atoms with Crippen molar-refractivity contribution in [2.24, 2.45) is 0 Å². The van der Waals surface area contributed by atoms with Gasteiger partial charge in [0.15, 0.2) is 0 Å². The van der Waals surface area contributed by atoms with Crippen LogP contribution in [-0.2, 0) is 0 Å². The maximum Gasteiger partial charge on any atom is 0.0773 e. The van der Waals surface area contributed by atoms with Crippen LogP contribution in [0.2, 0.25) is 10.0 Å². The van der Waals surface area contributed by atoms with Crippen molar-refractivity contribution in [3.05, 3.63) is 69.7 Å². The number of aliphatic hydroxyl groups is 1. The molecule has 2 atom stereocenters. The second kappa shape index (κ2) is 7.09. The van der Waals surface area contributed by atoms with E-state index in [1.807, 2.05) is 55.6 Å². The highest BCUT2D eigenvalue weighted by atomic mass is 35.5. The first-order chi connectivity index (χ1) is 9.61. The molecular formula is C16H17Cl2NO. The summed E-state index contributed by atoms with van der Waals surface area (Å²) in [5.41, 5.74) is 2.00. The fraction of sp³-hybridized carbons (Fsp3) is 0.250. The van der Waals surface area contributed by atoms with E-state index in [2.05, 4.69) is 5.32 Å². The first kappa shape index (κ1) is 15.3. The molecule has 0 spiro atoms. The molecule has 2 nitrogen and oxygen atoms in total. The Balaban J connectivity index is 2.41. The van der Waals surface area contributed by atoms with Gasteiger partial charge in [0, 0.05) is 22.5 Å². The lowest BCUT2D eigenvalue weighted by Gasteiger charge is -2.24. The molecule has 0 bridgehead atoms. The van der Waals surface area contributed by atoms with Gasteiger partial charge in [-0.2, -0.15) is 0 Å². The van der Waals surface area contributed by atoms with Crippen molar-refractivity contribution in [2.75, 3.05) is 13.6 Å². The van der Waals surface area contributed by atoms with Crippen molar-refractivity contribution >= 4 is 23.2 Å². The van der Waals surface area contributed by atoms with Crippen molar-refractivity contribution in [3.63, 3.8) is 0 Å². The Hall–Kier alpha value is -1.06. The third-order valence-corrected chi connectivity index (χ3v) is 3.72. The molecule has 0 amide bonds. The van der Waals surface area contributed by atoms with E-state index in [4.69, 9.17) is 23.2 Å². The molecule has 0 radical (unpaired) electrons. The number of hydrogen-bond acceptors (Lipinski definition) is 2. The quantitative estimate of drug-likeness (QED) is 0.882. The summed E-state index contributed by atoms with van der Waals surface area (Å²) in [7, 11) is 1.82. The van der Waals surface area contributed by atoms with E-state index in [1.54, 1.807) is 0 Å². The van der Waals surface area contributed by atoms with Crippen LogP contribution in [0.1, 0.15) is 17.0 Å². The number of rotatable bonds is 5. The van der Waals surface area contributed by atoms with Crippen LogP contribution in [-0.4, -0.2) is 24.8 Å². The molecule has 0 aromatic heterocycles. The summed E-state index contributed by atoms with van der Waals surface area (Å²) >= 11 is 12.0. The van der Waals surface area contributed by atoms with Crippen LogP contribution in [0.4, 0.5) is 0 Å². The van der Waals surface area contributed by atoms with Gasteiger partial charge in [-0.15, -0.1) is 0 Å². The summed E-state index contributed by atoms with van der Waals surface area (Å²) in [5, 5.41) is 14.8. The van der Waals surface area contributed by atoms with E-state index in [1.165, 1.54) is 0 Å². The predicted molar refractivity (Wildman–Crippen MR) is 84.7 cm³/mol. The number of halogens is 2. The van der Waals surface area contributed by atoms with Crippen LogP contribution in [0.15, 0.2) is 48.5 Å². The Labute approximate surface area is 129 Å². The van der Waals surface area contributed by atoms with Gasteiger partial charge < -0.3 is 10.4 Å². The average Bonchev–Trinajstić information content (AvgIpc) is 2.42. The number of aliphatic hydroxyl groups excluding tert-OH is 1. The molecule has 2 N–H and O–H groups in total. The molecule has 0 saturated carbocycles. The minimum absolute atomic E-state index is 0.140. The minimum Gasteiger partial charge on any atom is -0.391 e. The van der Waals surface area contributed by atoms with Gasteiger partial charge in [0.2, 0.25) is 0 Å². The average molecular weight is 310 g/mol. The van der Waals surface area contributed by atoms with Crippen molar-refractivity contribution in [1.29, 1.82) is 0 Å². The van der Waals surface area contributed by atoms with Crippen LogP contribution >= 0.6 is 23.2 Å². The molecule has 0 saturated heterocycles. The molecular weight excluding hydrogens is 293 g/mol. The monoisotopic (exact) mass is 309 g/mol. The first-order valence-electron chi connectivity index (χ1n) is 6.45. The molecule has 0 fully saturated rings. The molecule has 2 rings (SSSR count). The van der Waals surface area contributed by atoms with Gasteiger partial charge in [-0.3, -0.25) is 0 Å². The molecule has 0 aliphatic carbocycles. The summed E-state index contributed by atoms with van der Waals surface area (Å²) < 4.78 is 0. The van der Waals surface area contributed by atoms with Gasteiger partial charge in [0.05, 0.1) is 6.10 Å². The van der Waals surface area contributed by atoms with Crippen LogP contribution in [0.5, 0.6) is 0 Å². The SMILES string of the molecule is CNCC(O)C(c1ccc(Cl)cc1)c1cccc(Cl)c1. The summed E-state index contributed by atoms with van der Waals surface area (Å²) in [5.74, 6) is -0.140. The normalized spacial score (nSPS) is 14.0. The summed E-state index contributed by atoms with van der Waals surface area (Å²) in [4.78, 5) is 0. The molecule has 4 heteroatoms. The lowest BCUT2D eigenvalue weighted by Crippen LogP contribution is -2.30. The van der Waals surface area contributed by atoms with E-state index >= 15 is 0 Å². The molecule has 20 heavy (non-hydrogen) atoms. The molecule has 2 unspecified atom stereocenters. The van der Waals surface area contributed by atoms with Gasteiger partial charge in [-0.25, -0.2) is 0 Å². The molecule has 0 aliphatic heterocycles. The van der Waals surface area contributed by atoms with Gasteiger partial charge in [0.1, 0.15) is 0 Å². The van der Waals surface area contributed by atoms with E-state index < -0.39 is 6.10 Å². The van der Waals surface area contributed by atoms with Crippen LogP contribution in [0.3, 0.4) is 0 Å². The van der Waals surface area contributed by atoms with Crippen LogP contribution < -0.4 is 5.32 Å². The Morgan fingerprint density at radius 3 is 2.30 bits per heavy atom. The molecule has 0 heterocycles. The lowest BCUT2D eigenvalue weighted by molar-refractivity contribution is 0.156. The smallest absolute Gasteiger partial charge is 0.0773 e. The fourth-order valence-electron chi connectivity index (χ4n) is 2.33. The molecule has 2 aromatic rings. The maximum atomic E-state index is 10.4. The number of likely N-dealkylation sites (N-methyl/N-ethyl adjacent to an activating group) is 1. The van der Waals surface area contributed by atoms with E-state index in [-0.39, 0.29) is 5.92 Å². The largest absolute Gasteiger partial charge is 0.391 e. The Kier molecular flexibility index (Phi) is 5.44. The van der Waals surface area contributed by atoms with Gasteiger partial charge in [-0.05, 0) is 42.4 Å². The zero-order valence-electron chi connectivity index (χ0n) is 11.2. The predicted octanol–water partition coefficient (Wildman–Crippen LogP) is 3.71. The van der Waals surface area contributed by atoms with Gasteiger partial charge in [-0.1, -0.05) is 47.5 Å². The van der Waals surface area contributed by atoms with Crippen molar-refractivity contribution in [2.45, 2.75) is 12.0 Å². The van der Waals surface area contributed by atoms with Crippen LogP contribution in [0.25, 0.3) is 0 Å². The summed E-state index contributed by atoms with van der Waals surface area (Å²) in [6.07, 6.45) is -0.542. The van der Waals surface area contributed by atoms with E-state index in [0.29, 0.717) is 16.6 Å². The standard InChI is InChI=1S/C16H17Cl2NO/c1-19-10-15(20)16(11-5-7-13(17)8-6-11)12-3-2-4-14(18)9-12/h2-9,15-16,19-20H,10H2,1H3. The van der Waals surface area contributed by atoms with E-state index in [0.717, 1.165) is 11.1 Å². The Morgan fingerprint density at radius 2 is 1.70 bits per heavy atom.